The van der Waals surface area contributed by atoms with Crippen LogP contribution < -0.4 is 11.1 Å². The van der Waals surface area contributed by atoms with Gasteiger partial charge in [-0.15, -0.1) is 0 Å². The number of nitrogens with one attached hydrogen (secondary N) is 1. The van der Waals surface area contributed by atoms with Crippen LogP contribution in [0.5, 0.6) is 0 Å². The molecule has 31 heavy (non-hydrogen) atoms. The van der Waals surface area contributed by atoms with Crippen molar-refractivity contribution >= 4 is 22.6 Å². The van der Waals surface area contributed by atoms with E-state index in [0.717, 1.165) is 59.3 Å². The fourth-order valence-corrected chi connectivity index (χ4v) is 4.14. The maximum Gasteiger partial charge on any atom is 0.223 e. The van der Waals surface area contributed by atoms with Gasteiger partial charge in [0.25, 0.3) is 0 Å². The number of hydrogen-bond acceptors (Lipinski definition) is 5. The number of aryl methyl sites for hydroxylation is 1. The Hall–Kier alpha value is -2.99. The predicted octanol–water partition coefficient (Wildman–Crippen LogP) is 3.91. The minimum absolute atomic E-state index is 0.0444. The van der Waals surface area contributed by atoms with Crippen LogP contribution in [0.1, 0.15) is 30.9 Å². The van der Waals surface area contributed by atoms with E-state index in [1.165, 1.54) is 0 Å². The predicted molar refractivity (Wildman–Crippen MR) is 124 cm³/mol. The Balaban J connectivity index is 1.49. The second-order valence-corrected chi connectivity index (χ2v) is 8.54. The minimum atomic E-state index is -0.188. The molecule has 3 aromatic rings. The third-order valence-corrected chi connectivity index (χ3v) is 6.00. The molecule has 6 heteroatoms. The first-order valence-electron chi connectivity index (χ1n) is 11.0. The molecule has 0 spiro atoms. The van der Waals surface area contributed by atoms with Gasteiger partial charge in [-0.3, -0.25) is 9.78 Å². The lowest BCUT2D eigenvalue weighted by molar-refractivity contribution is -0.124. The van der Waals surface area contributed by atoms with E-state index < -0.39 is 0 Å². The van der Waals surface area contributed by atoms with Crippen molar-refractivity contribution in [3.63, 3.8) is 0 Å². The topological polar surface area (TPSA) is 90.1 Å². The van der Waals surface area contributed by atoms with Crippen molar-refractivity contribution in [2.75, 3.05) is 25.5 Å². The lowest BCUT2D eigenvalue weighted by Crippen LogP contribution is -2.36. The molecule has 2 aromatic heterocycles. The van der Waals surface area contributed by atoms with Gasteiger partial charge in [0.2, 0.25) is 5.91 Å². The van der Waals surface area contributed by atoms with E-state index in [2.05, 4.69) is 40.4 Å². The van der Waals surface area contributed by atoms with Gasteiger partial charge < -0.3 is 15.8 Å². The summed E-state index contributed by atoms with van der Waals surface area (Å²) in [5.74, 6) is 0.746. The number of anilines is 1. The standard InChI is InChI=1S/C25H30N4O2/c1-16-5-3-9-27-23(16)19-7-8-22-20(12-19)13-21(24(26)29-22)11-17(2)25(30)28-14-18-6-4-10-31-15-18/h3,5,7-9,12-13,17-18H,4,6,10-11,14-15H2,1-2H3,(H2,26,29)(H,28,30)/t17?,18-/m1/s1. The third kappa shape index (κ3) is 5.02. The first-order valence-corrected chi connectivity index (χ1v) is 11.0. The molecule has 1 aliphatic rings. The van der Waals surface area contributed by atoms with Crippen molar-refractivity contribution in [2.45, 2.75) is 33.1 Å². The summed E-state index contributed by atoms with van der Waals surface area (Å²) >= 11 is 0. The summed E-state index contributed by atoms with van der Waals surface area (Å²) < 4.78 is 5.50. The first kappa shape index (κ1) is 21.2. The molecule has 1 amide bonds. The Bertz CT molecular complexity index is 1080. The molecular formula is C25H30N4O2. The number of nitrogen functional groups attached to an aromatic ring is 1. The number of rotatable bonds is 6. The highest BCUT2D eigenvalue weighted by molar-refractivity contribution is 5.86. The number of aromatic nitrogens is 2. The number of hydrogen-bond donors (Lipinski definition) is 2. The van der Waals surface area contributed by atoms with Crippen LogP contribution in [0.25, 0.3) is 22.2 Å². The summed E-state index contributed by atoms with van der Waals surface area (Å²) in [4.78, 5) is 21.7. The first-order chi connectivity index (χ1) is 15.0. The minimum Gasteiger partial charge on any atom is -0.383 e. The van der Waals surface area contributed by atoms with E-state index in [4.69, 9.17) is 10.5 Å². The highest BCUT2D eigenvalue weighted by Gasteiger charge is 2.19. The molecule has 3 N–H and O–H groups in total. The Morgan fingerprint density at radius 3 is 2.97 bits per heavy atom. The molecule has 0 saturated carbocycles. The number of pyridine rings is 2. The van der Waals surface area contributed by atoms with E-state index in [-0.39, 0.29) is 11.8 Å². The fraction of sp³-hybridized carbons (Fsp3) is 0.400. The SMILES string of the molecule is Cc1cccnc1-c1ccc2nc(N)c(CC(C)C(=O)NC[C@H]3CCCOC3)cc2c1. The van der Waals surface area contributed by atoms with Crippen molar-refractivity contribution in [1.82, 2.24) is 15.3 Å². The summed E-state index contributed by atoms with van der Waals surface area (Å²) in [5, 5.41) is 4.08. The Kier molecular flexibility index (Phi) is 6.47. The van der Waals surface area contributed by atoms with Crippen LogP contribution >= 0.6 is 0 Å². The van der Waals surface area contributed by atoms with E-state index >= 15 is 0 Å². The van der Waals surface area contributed by atoms with E-state index in [1.807, 2.05) is 25.1 Å². The van der Waals surface area contributed by atoms with Crippen LogP contribution in [0.15, 0.2) is 42.6 Å². The second-order valence-electron chi connectivity index (χ2n) is 8.54. The average molecular weight is 419 g/mol. The Morgan fingerprint density at radius 2 is 2.19 bits per heavy atom. The maximum atomic E-state index is 12.6. The van der Waals surface area contributed by atoms with Crippen LogP contribution in [0.3, 0.4) is 0 Å². The molecule has 1 saturated heterocycles. The zero-order valence-corrected chi connectivity index (χ0v) is 18.2. The van der Waals surface area contributed by atoms with Crippen molar-refractivity contribution in [1.29, 1.82) is 0 Å². The number of nitrogens with zero attached hydrogens (tertiary/aromatic N) is 2. The largest absolute Gasteiger partial charge is 0.383 e. The van der Waals surface area contributed by atoms with Crippen LogP contribution in [0.2, 0.25) is 0 Å². The smallest absolute Gasteiger partial charge is 0.223 e. The second kappa shape index (κ2) is 9.43. The maximum absolute atomic E-state index is 12.6. The average Bonchev–Trinajstić information content (AvgIpc) is 2.78. The zero-order valence-electron chi connectivity index (χ0n) is 18.2. The van der Waals surface area contributed by atoms with Crippen molar-refractivity contribution in [2.24, 2.45) is 11.8 Å². The van der Waals surface area contributed by atoms with Gasteiger partial charge in [-0.2, -0.15) is 0 Å². The number of fused-ring (bicyclic) bond motifs is 1. The molecular weight excluding hydrogens is 388 g/mol. The van der Waals surface area contributed by atoms with Crippen LogP contribution in [-0.4, -0.2) is 35.6 Å². The monoisotopic (exact) mass is 418 g/mol. The molecule has 0 aliphatic carbocycles. The quantitative estimate of drug-likeness (QED) is 0.633. The molecule has 1 fully saturated rings. The fourth-order valence-electron chi connectivity index (χ4n) is 4.14. The molecule has 4 rings (SSSR count). The summed E-state index contributed by atoms with van der Waals surface area (Å²) in [6, 6.07) is 12.1. The van der Waals surface area contributed by atoms with Gasteiger partial charge in [0.05, 0.1) is 17.8 Å². The molecule has 162 valence electrons. The molecule has 3 heterocycles. The molecule has 2 atom stereocenters. The zero-order chi connectivity index (χ0) is 21.8. The van der Waals surface area contributed by atoms with E-state index in [0.29, 0.717) is 24.7 Å². The third-order valence-electron chi connectivity index (χ3n) is 6.00. The van der Waals surface area contributed by atoms with Crippen LogP contribution in [0, 0.1) is 18.8 Å². The molecule has 0 radical (unpaired) electrons. The highest BCUT2D eigenvalue weighted by Crippen LogP contribution is 2.27. The van der Waals surface area contributed by atoms with E-state index in [1.54, 1.807) is 6.20 Å². The Morgan fingerprint density at radius 1 is 1.32 bits per heavy atom. The summed E-state index contributed by atoms with van der Waals surface area (Å²) in [7, 11) is 0. The lowest BCUT2D eigenvalue weighted by Gasteiger charge is -2.23. The molecule has 0 bridgehead atoms. The number of carbonyl (C=O) groups excluding carboxylic acids is 1. The molecule has 1 aromatic carbocycles. The number of ether oxygens (including phenoxy) is 1. The summed E-state index contributed by atoms with van der Waals surface area (Å²) in [6.45, 7) is 6.22. The molecule has 6 nitrogen and oxygen atoms in total. The normalized spacial score (nSPS) is 17.4. The summed E-state index contributed by atoms with van der Waals surface area (Å²) in [6.07, 6.45) is 4.53. The van der Waals surface area contributed by atoms with Gasteiger partial charge in [0, 0.05) is 36.2 Å². The van der Waals surface area contributed by atoms with Gasteiger partial charge in [-0.25, -0.2) is 4.98 Å². The van der Waals surface area contributed by atoms with Crippen LogP contribution in [0.4, 0.5) is 5.82 Å². The van der Waals surface area contributed by atoms with Gasteiger partial charge in [-0.05, 0) is 67.5 Å². The number of carbonyl (C=O) groups is 1. The van der Waals surface area contributed by atoms with Gasteiger partial charge in [-0.1, -0.05) is 19.1 Å². The Labute approximate surface area is 183 Å². The van der Waals surface area contributed by atoms with Gasteiger partial charge in [0.15, 0.2) is 0 Å². The van der Waals surface area contributed by atoms with Crippen molar-refractivity contribution in [3.05, 3.63) is 53.7 Å². The van der Waals surface area contributed by atoms with Crippen molar-refractivity contribution in [3.8, 4) is 11.3 Å². The number of nitrogens with two attached hydrogens (primary N) is 1. The number of benzene rings is 1. The lowest BCUT2D eigenvalue weighted by atomic mass is 9.97. The summed E-state index contributed by atoms with van der Waals surface area (Å²) in [5.41, 5.74) is 11.1. The molecule has 1 unspecified atom stereocenters. The van der Waals surface area contributed by atoms with Gasteiger partial charge in [0.1, 0.15) is 5.82 Å². The van der Waals surface area contributed by atoms with Crippen LogP contribution in [-0.2, 0) is 16.0 Å². The highest BCUT2D eigenvalue weighted by atomic mass is 16.5. The van der Waals surface area contributed by atoms with Gasteiger partial charge >= 0.3 is 0 Å². The molecule has 1 aliphatic heterocycles. The van der Waals surface area contributed by atoms with Crippen molar-refractivity contribution < 1.29 is 9.53 Å². The van der Waals surface area contributed by atoms with E-state index in [9.17, 15) is 4.79 Å². The number of amides is 1.